The number of ether oxygens (including phenoxy) is 1. The van der Waals surface area contributed by atoms with Gasteiger partial charge in [0, 0.05) is 16.8 Å². The molecule has 0 aromatic heterocycles. The SMILES string of the molecule is Cc1cc(Oc2ccc(Cl)cc2Cl)c(S(C)(=O)=O)cc1C(=O)N=C(N)N. The Morgan fingerprint density at radius 1 is 1.12 bits per heavy atom. The third-order valence-corrected chi connectivity index (χ3v) is 4.91. The second kappa shape index (κ2) is 7.53. The van der Waals surface area contributed by atoms with Crippen molar-refractivity contribution in [1.82, 2.24) is 0 Å². The molecule has 0 saturated heterocycles. The highest BCUT2D eigenvalue weighted by Gasteiger charge is 2.21. The van der Waals surface area contributed by atoms with Gasteiger partial charge in [0.2, 0.25) is 0 Å². The van der Waals surface area contributed by atoms with Crippen LogP contribution in [-0.2, 0) is 9.84 Å². The molecule has 0 aliphatic carbocycles. The number of halogens is 2. The summed E-state index contributed by atoms with van der Waals surface area (Å²) in [6.07, 6.45) is 0.989. The van der Waals surface area contributed by atoms with E-state index in [1.165, 1.54) is 24.3 Å². The molecule has 1 amide bonds. The fraction of sp³-hybridized carbons (Fsp3) is 0.125. The molecule has 0 saturated carbocycles. The van der Waals surface area contributed by atoms with Gasteiger partial charge in [-0.3, -0.25) is 4.79 Å². The Hall–Kier alpha value is -2.29. The van der Waals surface area contributed by atoms with Crippen LogP contribution in [0.15, 0.2) is 40.2 Å². The van der Waals surface area contributed by atoms with E-state index >= 15 is 0 Å². The standard InChI is InChI=1S/C16H15Cl2N3O4S/c1-8-5-13(25-12-4-3-9(17)6-11(12)18)14(26(2,23)24)7-10(8)15(22)21-16(19)20/h3-7H,1-2H3,(H4,19,20,21,22). The van der Waals surface area contributed by atoms with Gasteiger partial charge in [0.15, 0.2) is 15.8 Å². The number of amides is 1. The van der Waals surface area contributed by atoms with E-state index in [9.17, 15) is 13.2 Å². The number of carbonyl (C=O) groups is 1. The van der Waals surface area contributed by atoms with Crippen LogP contribution in [0.25, 0.3) is 0 Å². The molecule has 0 heterocycles. The summed E-state index contributed by atoms with van der Waals surface area (Å²) < 4.78 is 30.0. The molecule has 26 heavy (non-hydrogen) atoms. The second-order valence-corrected chi connectivity index (χ2v) is 8.23. The zero-order chi connectivity index (χ0) is 19.6. The van der Waals surface area contributed by atoms with Crippen molar-refractivity contribution in [3.63, 3.8) is 0 Å². The van der Waals surface area contributed by atoms with Gasteiger partial charge >= 0.3 is 0 Å². The van der Waals surface area contributed by atoms with Gasteiger partial charge < -0.3 is 16.2 Å². The topological polar surface area (TPSA) is 125 Å². The van der Waals surface area contributed by atoms with Crippen molar-refractivity contribution in [2.75, 3.05) is 6.26 Å². The van der Waals surface area contributed by atoms with E-state index in [0.717, 1.165) is 6.26 Å². The molecule has 138 valence electrons. The predicted molar refractivity (Wildman–Crippen MR) is 101 cm³/mol. The number of nitrogens with zero attached hydrogens (tertiary/aromatic N) is 1. The smallest absolute Gasteiger partial charge is 0.280 e. The number of hydrogen-bond donors (Lipinski definition) is 2. The van der Waals surface area contributed by atoms with Gasteiger partial charge in [0.25, 0.3) is 5.91 Å². The maximum Gasteiger partial charge on any atom is 0.280 e. The van der Waals surface area contributed by atoms with Crippen LogP contribution in [-0.4, -0.2) is 26.5 Å². The highest BCUT2D eigenvalue weighted by Crippen LogP contribution is 2.36. The fourth-order valence-electron chi connectivity index (χ4n) is 2.12. The Kier molecular flexibility index (Phi) is 5.80. The molecule has 0 bridgehead atoms. The summed E-state index contributed by atoms with van der Waals surface area (Å²) in [6, 6.07) is 7.08. The molecule has 0 unspecified atom stereocenters. The zero-order valence-corrected chi connectivity index (χ0v) is 16.1. The van der Waals surface area contributed by atoms with Crippen molar-refractivity contribution < 1.29 is 17.9 Å². The first-order valence-electron chi connectivity index (χ1n) is 7.10. The number of aryl methyl sites for hydroxylation is 1. The summed E-state index contributed by atoms with van der Waals surface area (Å²) in [6.45, 7) is 1.60. The minimum absolute atomic E-state index is 0.00970. The van der Waals surface area contributed by atoms with Crippen LogP contribution in [0.1, 0.15) is 15.9 Å². The van der Waals surface area contributed by atoms with Crippen LogP contribution in [0, 0.1) is 6.92 Å². The van der Waals surface area contributed by atoms with Crippen molar-refractivity contribution >= 4 is 44.9 Å². The van der Waals surface area contributed by atoms with Gasteiger partial charge in [0.1, 0.15) is 16.4 Å². The molecule has 2 aromatic carbocycles. The molecule has 0 fully saturated rings. The summed E-state index contributed by atoms with van der Waals surface area (Å²) in [5.41, 5.74) is 10.9. The lowest BCUT2D eigenvalue weighted by Gasteiger charge is -2.14. The van der Waals surface area contributed by atoms with Gasteiger partial charge in [-0.05, 0) is 42.8 Å². The van der Waals surface area contributed by atoms with Crippen molar-refractivity contribution in [1.29, 1.82) is 0 Å². The molecule has 2 aromatic rings. The predicted octanol–water partition coefficient (Wildman–Crippen LogP) is 2.91. The Morgan fingerprint density at radius 2 is 1.77 bits per heavy atom. The van der Waals surface area contributed by atoms with Gasteiger partial charge in [0.05, 0.1) is 5.02 Å². The van der Waals surface area contributed by atoms with Crippen molar-refractivity contribution in [2.24, 2.45) is 16.5 Å². The van der Waals surface area contributed by atoms with Gasteiger partial charge in [-0.2, -0.15) is 4.99 Å². The minimum Gasteiger partial charge on any atom is -0.454 e. The Balaban J connectivity index is 2.61. The average Bonchev–Trinajstić information content (AvgIpc) is 2.48. The largest absolute Gasteiger partial charge is 0.454 e. The highest BCUT2D eigenvalue weighted by atomic mass is 35.5. The third-order valence-electron chi connectivity index (χ3n) is 3.27. The van der Waals surface area contributed by atoms with Crippen molar-refractivity contribution in [2.45, 2.75) is 11.8 Å². The van der Waals surface area contributed by atoms with E-state index in [1.54, 1.807) is 13.0 Å². The molecular formula is C16H15Cl2N3O4S. The lowest BCUT2D eigenvalue weighted by atomic mass is 10.1. The maximum absolute atomic E-state index is 12.2. The van der Waals surface area contributed by atoms with Gasteiger partial charge in [-0.15, -0.1) is 0 Å². The molecule has 10 heteroatoms. The second-order valence-electron chi connectivity index (χ2n) is 5.40. The van der Waals surface area contributed by atoms with Crippen LogP contribution in [0.2, 0.25) is 10.0 Å². The number of sulfone groups is 1. The molecule has 4 N–H and O–H groups in total. The number of guanidine groups is 1. The highest BCUT2D eigenvalue weighted by molar-refractivity contribution is 7.90. The lowest BCUT2D eigenvalue weighted by Crippen LogP contribution is -2.24. The first-order chi connectivity index (χ1) is 12.0. The number of nitrogens with two attached hydrogens (primary N) is 2. The molecule has 0 radical (unpaired) electrons. The molecule has 0 spiro atoms. The normalized spacial score (nSPS) is 11.1. The Bertz CT molecular complexity index is 1020. The molecular weight excluding hydrogens is 401 g/mol. The van der Waals surface area contributed by atoms with Crippen molar-refractivity contribution in [3.05, 3.63) is 51.5 Å². The van der Waals surface area contributed by atoms with E-state index in [-0.39, 0.29) is 27.0 Å². The van der Waals surface area contributed by atoms with E-state index in [2.05, 4.69) is 4.99 Å². The first-order valence-corrected chi connectivity index (χ1v) is 9.75. The Morgan fingerprint density at radius 3 is 2.31 bits per heavy atom. The van der Waals surface area contributed by atoms with Gasteiger partial charge in [-0.25, -0.2) is 8.42 Å². The molecule has 0 atom stereocenters. The monoisotopic (exact) mass is 415 g/mol. The average molecular weight is 416 g/mol. The number of hydrogen-bond acceptors (Lipinski definition) is 4. The summed E-state index contributed by atoms with van der Waals surface area (Å²) in [5.74, 6) is -0.966. The molecule has 2 rings (SSSR count). The number of rotatable bonds is 4. The van der Waals surface area contributed by atoms with Gasteiger partial charge in [-0.1, -0.05) is 23.2 Å². The fourth-order valence-corrected chi connectivity index (χ4v) is 3.36. The summed E-state index contributed by atoms with van der Waals surface area (Å²) in [4.78, 5) is 15.3. The lowest BCUT2D eigenvalue weighted by molar-refractivity contribution is 0.100. The van der Waals surface area contributed by atoms with E-state index in [0.29, 0.717) is 10.6 Å². The van der Waals surface area contributed by atoms with Crippen molar-refractivity contribution in [3.8, 4) is 11.5 Å². The van der Waals surface area contributed by atoms with Crippen LogP contribution in [0.4, 0.5) is 0 Å². The quantitative estimate of drug-likeness (QED) is 0.583. The first kappa shape index (κ1) is 20.0. The van der Waals surface area contributed by atoms with Crippen LogP contribution < -0.4 is 16.2 Å². The van der Waals surface area contributed by atoms with Crippen LogP contribution in [0.3, 0.4) is 0 Å². The number of carbonyl (C=O) groups excluding carboxylic acids is 1. The summed E-state index contributed by atoms with van der Waals surface area (Å²) >= 11 is 11.9. The van der Waals surface area contributed by atoms with Crippen LogP contribution >= 0.6 is 23.2 Å². The van der Waals surface area contributed by atoms with E-state index in [4.69, 9.17) is 39.4 Å². The molecule has 0 aliphatic rings. The molecule has 7 nitrogen and oxygen atoms in total. The summed E-state index contributed by atoms with van der Waals surface area (Å²) in [7, 11) is -3.73. The molecule has 0 aliphatic heterocycles. The van der Waals surface area contributed by atoms with E-state index < -0.39 is 21.7 Å². The number of benzene rings is 2. The maximum atomic E-state index is 12.2. The zero-order valence-electron chi connectivity index (χ0n) is 13.8. The third kappa shape index (κ3) is 4.66. The Labute approximate surface area is 160 Å². The van der Waals surface area contributed by atoms with Crippen LogP contribution in [0.5, 0.6) is 11.5 Å². The summed E-state index contributed by atoms with van der Waals surface area (Å²) in [5, 5.41) is 0.607. The minimum atomic E-state index is -3.73. The number of aliphatic imine (C=N–C) groups is 1. The van der Waals surface area contributed by atoms with E-state index in [1.807, 2.05) is 0 Å².